The number of carbonyl (C=O) groups is 1. The van der Waals surface area contributed by atoms with Crippen LogP contribution in [0.1, 0.15) is 17.3 Å². The Bertz CT molecular complexity index is 395. The molecule has 0 aromatic heterocycles. The van der Waals surface area contributed by atoms with Gasteiger partial charge >= 0.3 is 0 Å². The number of nitrogens with zero attached hydrogens (tertiary/aromatic N) is 1. The van der Waals surface area contributed by atoms with E-state index in [1.165, 1.54) is 23.1 Å². The van der Waals surface area contributed by atoms with Crippen LogP contribution in [-0.4, -0.2) is 39.4 Å². The molecule has 0 spiro atoms. The van der Waals surface area contributed by atoms with Crippen LogP contribution in [0.5, 0.6) is 11.5 Å². The van der Waals surface area contributed by atoms with Gasteiger partial charge in [-0.15, -0.1) is 0 Å². The third-order valence-electron chi connectivity index (χ3n) is 2.42. The minimum Gasteiger partial charge on any atom is -0.508 e. The number of amides is 1. The van der Waals surface area contributed by atoms with E-state index in [0.717, 1.165) is 0 Å². The molecule has 4 nitrogen and oxygen atoms in total. The van der Waals surface area contributed by atoms with Crippen LogP contribution in [-0.2, 0) is 0 Å². The second-order valence-electron chi connectivity index (χ2n) is 3.62. The molecule has 0 aliphatic rings. The Labute approximate surface area is 103 Å². The number of benzene rings is 1. The van der Waals surface area contributed by atoms with Gasteiger partial charge < -0.3 is 15.1 Å². The van der Waals surface area contributed by atoms with Crippen LogP contribution in [0.4, 0.5) is 0 Å². The summed E-state index contributed by atoms with van der Waals surface area (Å²) in [7, 11) is 1.65. The molecule has 0 heterocycles. The summed E-state index contributed by atoms with van der Waals surface area (Å²) < 4.78 is 0. The highest BCUT2D eigenvalue weighted by atomic mass is 79.9. The predicted molar refractivity (Wildman–Crippen MR) is 65.1 cm³/mol. The predicted octanol–water partition coefficient (Wildman–Crippen LogP) is 1.95. The van der Waals surface area contributed by atoms with Gasteiger partial charge in [-0.25, -0.2) is 0 Å². The molecule has 1 aromatic rings. The maximum atomic E-state index is 12.0. The number of carbonyl (C=O) groups excluding carboxylic acids is 1. The Kier molecular flexibility index (Phi) is 4.18. The normalized spacial score (nSPS) is 12.2. The van der Waals surface area contributed by atoms with E-state index < -0.39 is 0 Å². The zero-order chi connectivity index (χ0) is 12.3. The van der Waals surface area contributed by atoms with Crippen molar-refractivity contribution >= 4 is 21.8 Å². The average Bonchev–Trinajstić information content (AvgIpc) is 2.29. The molecule has 0 aliphatic carbocycles. The van der Waals surface area contributed by atoms with Crippen molar-refractivity contribution < 1.29 is 15.0 Å². The van der Waals surface area contributed by atoms with E-state index in [1.807, 2.05) is 6.92 Å². The first-order valence-electron chi connectivity index (χ1n) is 4.82. The van der Waals surface area contributed by atoms with Crippen LogP contribution in [0.2, 0.25) is 0 Å². The van der Waals surface area contributed by atoms with Crippen LogP contribution in [0, 0.1) is 0 Å². The van der Waals surface area contributed by atoms with Crippen molar-refractivity contribution in [2.24, 2.45) is 0 Å². The van der Waals surface area contributed by atoms with E-state index in [2.05, 4.69) is 15.9 Å². The molecule has 16 heavy (non-hydrogen) atoms. The third-order valence-corrected chi connectivity index (χ3v) is 3.35. The minimum atomic E-state index is -0.319. The maximum Gasteiger partial charge on any atom is 0.257 e. The highest BCUT2D eigenvalue weighted by molar-refractivity contribution is 9.09. The molecule has 2 N–H and O–H groups in total. The molecule has 1 atom stereocenters. The number of hydrogen-bond acceptors (Lipinski definition) is 3. The van der Waals surface area contributed by atoms with Gasteiger partial charge in [0.1, 0.15) is 11.5 Å². The van der Waals surface area contributed by atoms with E-state index in [9.17, 15) is 15.0 Å². The molecular weight excluding hydrogens is 274 g/mol. The minimum absolute atomic E-state index is 0.00856. The fourth-order valence-corrected chi connectivity index (χ4v) is 1.62. The summed E-state index contributed by atoms with van der Waals surface area (Å²) in [4.78, 5) is 13.5. The summed E-state index contributed by atoms with van der Waals surface area (Å²) in [5.74, 6) is -0.488. The zero-order valence-electron chi connectivity index (χ0n) is 9.14. The molecule has 5 heteroatoms. The van der Waals surface area contributed by atoms with E-state index in [-0.39, 0.29) is 29.0 Å². The molecule has 88 valence electrons. The molecule has 0 fully saturated rings. The van der Waals surface area contributed by atoms with Crippen molar-refractivity contribution in [2.75, 3.05) is 12.4 Å². The summed E-state index contributed by atoms with van der Waals surface area (Å²) in [6, 6.07) is 3.90. The summed E-state index contributed by atoms with van der Waals surface area (Å²) in [5.41, 5.74) is 0.107. The highest BCUT2D eigenvalue weighted by Crippen LogP contribution is 2.23. The van der Waals surface area contributed by atoms with Gasteiger partial charge in [0.15, 0.2) is 0 Å². The van der Waals surface area contributed by atoms with Gasteiger partial charge in [-0.05, 0) is 25.1 Å². The third kappa shape index (κ3) is 2.66. The van der Waals surface area contributed by atoms with Crippen LogP contribution in [0.3, 0.4) is 0 Å². The van der Waals surface area contributed by atoms with Crippen LogP contribution >= 0.6 is 15.9 Å². The molecule has 0 aliphatic heterocycles. The second kappa shape index (κ2) is 5.21. The van der Waals surface area contributed by atoms with E-state index in [0.29, 0.717) is 5.33 Å². The van der Waals surface area contributed by atoms with Gasteiger partial charge in [0.2, 0.25) is 0 Å². The fourth-order valence-electron chi connectivity index (χ4n) is 1.19. The molecular formula is C11H14BrNO3. The van der Waals surface area contributed by atoms with Crippen molar-refractivity contribution in [3.8, 4) is 11.5 Å². The Morgan fingerprint density at radius 2 is 2.12 bits per heavy atom. The van der Waals surface area contributed by atoms with Crippen LogP contribution in [0.15, 0.2) is 18.2 Å². The van der Waals surface area contributed by atoms with Crippen LogP contribution < -0.4 is 0 Å². The number of phenolic OH excluding ortho intramolecular Hbond substituents is 2. The lowest BCUT2D eigenvalue weighted by molar-refractivity contribution is 0.0754. The molecule has 0 saturated carbocycles. The van der Waals surface area contributed by atoms with Crippen molar-refractivity contribution in [1.82, 2.24) is 4.90 Å². The van der Waals surface area contributed by atoms with Crippen molar-refractivity contribution in [2.45, 2.75) is 13.0 Å². The Hall–Kier alpha value is -1.23. The standard InChI is InChI=1S/C11H14BrNO3/c1-7(6-12)13(2)11(16)9-5-8(14)3-4-10(9)15/h3-5,7,14-15H,6H2,1-2H3. The Morgan fingerprint density at radius 3 is 2.69 bits per heavy atom. The van der Waals surface area contributed by atoms with Crippen molar-refractivity contribution in [3.05, 3.63) is 23.8 Å². The zero-order valence-corrected chi connectivity index (χ0v) is 10.7. The Balaban J connectivity index is 3.00. The summed E-state index contributed by atoms with van der Waals surface area (Å²) in [6.45, 7) is 1.88. The lowest BCUT2D eigenvalue weighted by Crippen LogP contribution is -2.36. The van der Waals surface area contributed by atoms with Crippen molar-refractivity contribution in [1.29, 1.82) is 0 Å². The average molecular weight is 288 g/mol. The monoisotopic (exact) mass is 287 g/mol. The highest BCUT2D eigenvalue weighted by Gasteiger charge is 2.19. The van der Waals surface area contributed by atoms with Gasteiger partial charge in [0.25, 0.3) is 5.91 Å². The molecule has 0 saturated heterocycles. The topological polar surface area (TPSA) is 60.8 Å². The first-order valence-corrected chi connectivity index (χ1v) is 5.94. The Morgan fingerprint density at radius 1 is 1.50 bits per heavy atom. The maximum absolute atomic E-state index is 12.0. The van der Waals surface area contributed by atoms with Gasteiger partial charge in [-0.2, -0.15) is 0 Å². The summed E-state index contributed by atoms with van der Waals surface area (Å²) in [6.07, 6.45) is 0. The quantitative estimate of drug-likeness (QED) is 0.660. The van der Waals surface area contributed by atoms with E-state index in [4.69, 9.17) is 0 Å². The van der Waals surface area contributed by atoms with Gasteiger partial charge in [0, 0.05) is 18.4 Å². The first kappa shape index (κ1) is 12.8. The van der Waals surface area contributed by atoms with Gasteiger partial charge in [-0.1, -0.05) is 15.9 Å². The fraction of sp³-hybridized carbons (Fsp3) is 0.364. The lowest BCUT2D eigenvalue weighted by Gasteiger charge is -2.23. The number of hydrogen-bond donors (Lipinski definition) is 2. The molecule has 1 rings (SSSR count). The largest absolute Gasteiger partial charge is 0.508 e. The number of halogens is 1. The molecule has 0 radical (unpaired) electrons. The summed E-state index contributed by atoms with van der Waals surface area (Å²) >= 11 is 3.28. The smallest absolute Gasteiger partial charge is 0.257 e. The van der Waals surface area contributed by atoms with Crippen LogP contribution in [0.25, 0.3) is 0 Å². The number of alkyl halides is 1. The van der Waals surface area contributed by atoms with Gasteiger partial charge in [0.05, 0.1) is 5.56 Å². The van der Waals surface area contributed by atoms with E-state index >= 15 is 0 Å². The number of rotatable bonds is 3. The molecule has 0 bridgehead atoms. The van der Waals surface area contributed by atoms with Gasteiger partial charge in [-0.3, -0.25) is 4.79 Å². The second-order valence-corrected chi connectivity index (χ2v) is 4.27. The number of aromatic hydroxyl groups is 2. The SMILES string of the molecule is CC(CBr)N(C)C(=O)c1cc(O)ccc1O. The lowest BCUT2D eigenvalue weighted by atomic mass is 10.1. The molecule has 1 aromatic carbocycles. The van der Waals surface area contributed by atoms with Crippen molar-refractivity contribution in [3.63, 3.8) is 0 Å². The summed E-state index contributed by atoms with van der Waals surface area (Å²) in [5, 5.41) is 19.5. The first-order chi connectivity index (χ1) is 7.47. The molecule has 1 amide bonds. The van der Waals surface area contributed by atoms with E-state index in [1.54, 1.807) is 7.05 Å². The molecule has 1 unspecified atom stereocenters. The number of phenols is 2.